The number of fused-ring (bicyclic) bond motifs is 7. The largest absolute Gasteiger partial charge is 0.456 e. The summed E-state index contributed by atoms with van der Waals surface area (Å²) >= 11 is 0. The van der Waals surface area contributed by atoms with Gasteiger partial charge in [0, 0.05) is 33.1 Å². The lowest BCUT2D eigenvalue weighted by atomic mass is 9.81. The van der Waals surface area contributed by atoms with Crippen LogP contribution in [-0.4, -0.2) is 0 Å². The van der Waals surface area contributed by atoms with Gasteiger partial charge in [-0.1, -0.05) is 117 Å². The van der Waals surface area contributed by atoms with Gasteiger partial charge >= 0.3 is 0 Å². The number of anilines is 3. The molecule has 7 aromatic carbocycles. The molecule has 0 bridgehead atoms. The van der Waals surface area contributed by atoms with Crippen LogP contribution in [0.4, 0.5) is 17.1 Å². The van der Waals surface area contributed by atoms with Gasteiger partial charge in [0.15, 0.2) is 0 Å². The van der Waals surface area contributed by atoms with Crippen molar-refractivity contribution in [2.75, 3.05) is 4.90 Å². The summed E-state index contributed by atoms with van der Waals surface area (Å²) in [7, 11) is 0. The highest BCUT2D eigenvalue weighted by Crippen LogP contribution is 2.54. The van der Waals surface area contributed by atoms with Crippen molar-refractivity contribution in [3.8, 4) is 33.4 Å². The predicted molar refractivity (Wildman–Crippen MR) is 213 cm³/mol. The SMILES string of the molecule is CC1(C)c2ccccc2-c2cc(-c3ccc4c(c3)CCCC4)c(N(c3ccc(-c4ccccc4)cc3)c3ccc4oc5ccccc5c4c3)cc21. The summed E-state index contributed by atoms with van der Waals surface area (Å²) in [5.74, 6) is 0. The average molecular weight is 658 g/mol. The fourth-order valence-corrected chi connectivity index (χ4v) is 8.77. The Balaban J connectivity index is 1.25. The fraction of sp³-hybridized carbons (Fsp3) is 0.143. The van der Waals surface area contributed by atoms with Gasteiger partial charge in [-0.25, -0.2) is 0 Å². The lowest BCUT2D eigenvalue weighted by molar-refractivity contribution is 0.660. The summed E-state index contributed by atoms with van der Waals surface area (Å²) in [5, 5.41) is 2.26. The Hall–Kier alpha value is -5.86. The van der Waals surface area contributed by atoms with E-state index >= 15 is 0 Å². The maximum Gasteiger partial charge on any atom is 0.135 e. The zero-order valence-corrected chi connectivity index (χ0v) is 29.1. The van der Waals surface area contributed by atoms with Crippen LogP contribution < -0.4 is 4.90 Å². The third-order valence-corrected chi connectivity index (χ3v) is 11.5. The first-order valence-electron chi connectivity index (χ1n) is 18.3. The number of furan rings is 1. The molecule has 0 N–H and O–H groups in total. The Morgan fingerprint density at radius 3 is 2.02 bits per heavy atom. The molecule has 0 spiro atoms. The van der Waals surface area contributed by atoms with Crippen LogP contribution in [0.2, 0.25) is 0 Å². The van der Waals surface area contributed by atoms with Crippen molar-refractivity contribution in [2.24, 2.45) is 0 Å². The quantitative estimate of drug-likeness (QED) is 0.183. The van der Waals surface area contributed by atoms with E-state index in [1.807, 2.05) is 6.07 Å². The molecule has 0 radical (unpaired) electrons. The number of hydrogen-bond acceptors (Lipinski definition) is 2. The molecule has 246 valence electrons. The Bertz CT molecular complexity index is 2610. The number of aryl methyl sites for hydroxylation is 2. The fourth-order valence-electron chi connectivity index (χ4n) is 8.77. The van der Waals surface area contributed by atoms with Crippen molar-refractivity contribution < 1.29 is 4.42 Å². The molecule has 51 heavy (non-hydrogen) atoms. The summed E-state index contributed by atoms with van der Waals surface area (Å²) in [6.45, 7) is 4.76. The molecular formula is C49H39NO. The van der Waals surface area contributed by atoms with Gasteiger partial charge in [0.25, 0.3) is 0 Å². The lowest BCUT2D eigenvalue weighted by Gasteiger charge is -2.31. The van der Waals surface area contributed by atoms with E-state index in [1.165, 1.54) is 80.6 Å². The van der Waals surface area contributed by atoms with Gasteiger partial charge in [-0.15, -0.1) is 0 Å². The van der Waals surface area contributed by atoms with Gasteiger partial charge < -0.3 is 9.32 Å². The van der Waals surface area contributed by atoms with Crippen LogP contribution >= 0.6 is 0 Å². The van der Waals surface area contributed by atoms with Crippen molar-refractivity contribution in [3.05, 3.63) is 174 Å². The number of benzene rings is 7. The zero-order chi connectivity index (χ0) is 34.1. The maximum absolute atomic E-state index is 6.31. The van der Waals surface area contributed by atoms with Crippen LogP contribution in [0, 0.1) is 0 Å². The predicted octanol–water partition coefficient (Wildman–Crippen LogP) is 13.6. The van der Waals surface area contributed by atoms with E-state index in [0.29, 0.717) is 0 Å². The van der Waals surface area contributed by atoms with E-state index in [4.69, 9.17) is 4.42 Å². The molecule has 0 aliphatic heterocycles. The van der Waals surface area contributed by atoms with Crippen molar-refractivity contribution >= 4 is 39.0 Å². The molecule has 0 fully saturated rings. The maximum atomic E-state index is 6.31. The van der Waals surface area contributed by atoms with Gasteiger partial charge in [0.2, 0.25) is 0 Å². The molecular weight excluding hydrogens is 619 g/mol. The Labute approximate surface area is 299 Å². The first-order valence-corrected chi connectivity index (χ1v) is 18.3. The Morgan fingerprint density at radius 2 is 1.16 bits per heavy atom. The van der Waals surface area contributed by atoms with E-state index in [1.54, 1.807) is 0 Å². The highest BCUT2D eigenvalue weighted by Gasteiger charge is 2.37. The molecule has 0 atom stereocenters. The molecule has 10 rings (SSSR count). The van der Waals surface area contributed by atoms with Gasteiger partial charge in [-0.05, 0) is 124 Å². The summed E-state index contributed by atoms with van der Waals surface area (Å²) in [6, 6.07) is 56.0. The van der Waals surface area contributed by atoms with Crippen LogP contribution in [0.1, 0.15) is 48.9 Å². The number of hydrogen-bond donors (Lipinski definition) is 0. The van der Waals surface area contributed by atoms with Crippen molar-refractivity contribution in [3.63, 3.8) is 0 Å². The van der Waals surface area contributed by atoms with E-state index in [2.05, 4.69) is 164 Å². The number of nitrogens with zero attached hydrogens (tertiary/aromatic N) is 1. The molecule has 2 aliphatic rings. The molecule has 2 nitrogen and oxygen atoms in total. The van der Waals surface area contributed by atoms with Crippen LogP contribution in [0.5, 0.6) is 0 Å². The molecule has 0 unspecified atom stereocenters. The number of para-hydroxylation sites is 1. The summed E-state index contributed by atoms with van der Waals surface area (Å²) in [4.78, 5) is 2.48. The van der Waals surface area contributed by atoms with Crippen molar-refractivity contribution in [1.29, 1.82) is 0 Å². The van der Waals surface area contributed by atoms with Gasteiger partial charge in [0.1, 0.15) is 11.2 Å². The molecule has 0 amide bonds. The molecule has 8 aromatic rings. The lowest BCUT2D eigenvalue weighted by Crippen LogP contribution is -2.17. The normalized spacial score (nSPS) is 14.3. The first-order chi connectivity index (χ1) is 25.0. The van der Waals surface area contributed by atoms with E-state index in [9.17, 15) is 0 Å². The van der Waals surface area contributed by atoms with Crippen LogP contribution in [0.15, 0.2) is 156 Å². The third kappa shape index (κ3) is 4.85. The van der Waals surface area contributed by atoms with E-state index in [0.717, 1.165) is 39.7 Å². The van der Waals surface area contributed by atoms with Crippen LogP contribution in [0.3, 0.4) is 0 Å². The second kappa shape index (κ2) is 11.6. The molecule has 0 saturated heterocycles. The first kappa shape index (κ1) is 30.0. The third-order valence-electron chi connectivity index (χ3n) is 11.5. The standard InChI is InChI=1S/C49H39NO/c1-49(2)44-18-10-8-16-39(44)42-30-41(36-21-20-33-14-6-7-15-35(33)28-36)46(31-45(42)49)50(37-24-22-34(23-25-37)32-12-4-3-5-13-32)38-26-27-48-43(29-38)40-17-9-11-19-47(40)51-48/h3-5,8-13,16-31H,6-7,14-15H2,1-2H3. The smallest absolute Gasteiger partial charge is 0.135 e. The van der Waals surface area contributed by atoms with E-state index < -0.39 is 0 Å². The molecule has 1 aromatic heterocycles. The highest BCUT2D eigenvalue weighted by molar-refractivity contribution is 6.07. The minimum absolute atomic E-state index is 0.136. The summed E-state index contributed by atoms with van der Waals surface area (Å²) in [5.41, 5.74) is 18.5. The molecule has 0 saturated carbocycles. The van der Waals surface area contributed by atoms with Gasteiger partial charge in [0.05, 0.1) is 5.69 Å². The number of rotatable bonds is 5. The monoisotopic (exact) mass is 657 g/mol. The highest BCUT2D eigenvalue weighted by atomic mass is 16.3. The van der Waals surface area contributed by atoms with Crippen LogP contribution in [-0.2, 0) is 18.3 Å². The zero-order valence-electron chi connectivity index (χ0n) is 29.1. The van der Waals surface area contributed by atoms with Crippen molar-refractivity contribution in [2.45, 2.75) is 44.9 Å². The molecule has 1 heterocycles. The van der Waals surface area contributed by atoms with Gasteiger partial charge in [-0.3, -0.25) is 0 Å². The average Bonchev–Trinajstić information content (AvgIpc) is 3.66. The molecule has 2 aliphatic carbocycles. The van der Waals surface area contributed by atoms with E-state index in [-0.39, 0.29) is 5.41 Å². The summed E-state index contributed by atoms with van der Waals surface area (Å²) < 4.78 is 6.31. The minimum atomic E-state index is -0.136. The summed E-state index contributed by atoms with van der Waals surface area (Å²) in [6.07, 6.45) is 4.86. The second-order valence-electron chi connectivity index (χ2n) is 14.8. The Morgan fingerprint density at radius 1 is 0.471 bits per heavy atom. The second-order valence-corrected chi connectivity index (χ2v) is 14.8. The van der Waals surface area contributed by atoms with Crippen LogP contribution in [0.25, 0.3) is 55.3 Å². The van der Waals surface area contributed by atoms with Gasteiger partial charge in [-0.2, -0.15) is 0 Å². The molecule has 2 heteroatoms. The van der Waals surface area contributed by atoms with Crippen molar-refractivity contribution in [1.82, 2.24) is 0 Å². The minimum Gasteiger partial charge on any atom is -0.456 e. The Kier molecular flexibility index (Phi) is 6.83. The topological polar surface area (TPSA) is 16.4 Å².